The summed E-state index contributed by atoms with van der Waals surface area (Å²) in [6.45, 7) is 4.54. The fourth-order valence-corrected chi connectivity index (χ4v) is 6.64. The first-order valence-corrected chi connectivity index (χ1v) is 16.8. The summed E-state index contributed by atoms with van der Waals surface area (Å²) in [5.74, 6) is 3.15. The quantitative estimate of drug-likeness (QED) is 0.225. The molecule has 5 heteroatoms. The van der Waals surface area contributed by atoms with E-state index in [-0.39, 0.29) is 6.10 Å². The number of aliphatic hydroxyl groups is 1. The third kappa shape index (κ3) is 10.0. The van der Waals surface area contributed by atoms with Crippen LogP contribution in [0, 0.1) is 11.8 Å². The first-order chi connectivity index (χ1) is 19.8. The van der Waals surface area contributed by atoms with Crippen molar-refractivity contribution in [3.63, 3.8) is 0 Å². The predicted octanol–water partition coefficient (Wildman–Crippen LogP) is 11.2. The summed E-state index contributed by atoms with van der Waals surface area (Å²) in [6.07, 6.45) is 12.7. The zero-order valence-electron chi connectivity index (χ0n) is 24.4. The number of fused-ring (bicyclic) bond motifs is 2. The molecule has 2 aliphatic carbocycles. The van der Waals surface area contributed by atoms with E-state index in [0.717, 1.165) is 50.1 Å². The van der Waals surface area contributed by atoms with E-state index in [1.54, 1.807) is 12.1 Å². The number of benzene rings is 4. The summed E-state index contributed by atoms with van der Waals surface area (Å²) in [4.78, 5) is 0. The van der Waals surface area contributed by atoms with Crippen molar-refractivity contribution in [2.75, 3.05) is 0 Å². The monoisotopic (exact) mass is 682 g/mol. The maximum absolute atomic E-state index is 9.21. The predicted molar refractivity (Wildman–Crippen MR) is 180 cm³/mol. The highest BCUT2D eigenvalue weighted by atomic mass is 79.9. The minimum Gasteiger partial charge on any atom is -0.508 e. The van der Waals surface area contributed by atoms with E-state index < -0.39 is 0 Å². The number of hydrogen-bond acceptors (Lipinski definition) is 3. The minimum atomic E-state index is 0.0211. The number of phenolic OH excluding ortho intramolecular Hbond substituents is 1. The van der Waals surface area contributed by atoms with Crippen LogP contribution in [-0.2, 0) is 0 Å². The molecule has 3 nitrogen and oxygen atoms in total. The average molecular weight is 685 g/mol. The Labute approximate surface area is 262 Å². The lowest BCUT2D eigenvalue weighted by Crippen LogP contribution is -2.23. The molecule has 2 saturated carbocycles. The molecule has 0 atom stereocenters. The summed E-state index contributed by atoms with van der Waals surface area (Å²) < 4.78 is 8.33. The fourth-order valence-electron chi connectivity index (χ4n) is 5.88. The summed E-state index contributed by atoms with van der Waals surface area (Å²) in [5, 5.41) is 23.0. The summed E-state index contributed by atoms with van der Waals surface area (Å²) in [7, 11) is 0. The smallest absolute Gasteiger partial charge is 0.120 e. The first kappa shape index (κ1) is 31.8. The Balaban J connectivity index is 0.000000156. The van der Waals surface area contributed by atoms with Crippen LogP contribution in [0.3, 0.4) is 0 Å². The Kier molecular flexibility index (Phi) is 12.4. The van der Waals surface area contributed by atoms with Gasteiger partial charge in [-0.15, -0.1) is 0 Å². The molecular formula is C36H44Br2O3. The Morgan fingerprint density at radius 3 is 1.66 bits per heavy atom. The van der Waals surface area contributed by atoms with E-state index in [2.05, 4.69) is 82.1 Å². The van der Waals surface area contributed by atoms with Crippen LogP contribution in [0.5, 0.6) is 11.5 Å². The second kappa shape index (κ2) is 16.0. The van der Waals surface area contributed by atoms with Crippen LogP contribution in [0.2, 0.25) is 0 Å². The van der Waals surface area contributed by atoms with E-state index in [0.29, 0.717) is 11.9 Å². The molecule has 0 aliphatic heterocycles. The average Bonchev–Trinajstić information content (AvgIpc) is 2.98. The van der Waals surface area contributed by atoms with E-state index in [4.69, 9.17) is 9.84 Å². The number of phenols is 1. The summed E-state index contributed by atoms with van der Waals surface area (Å²) >= 11 is 6.90. The molecule has 0 spiro atoms. The second-order valence-corrected chi connectivity index (χ2v) is 13.4. The van der Waals surface area contributed by atoms with Gasteiger partial charge in [0.25, 0.3) is 0 Å². The Hall–Kier alpha value is -2.08. The largest absolute Gasteiger partial charge is 0.508 e. The van der Waals surface area contributed by atoms with Crippen LogP contribution in [0.4, 0.5) is 0 Å². The van der Waals surface area contributed by atoms with E-state index in [9.17, 15) is 5.11 Å². The molecule has 0 unspecified atom stereocenters. The van der Waals surface area contributed by atoms with Gasteiger partial charge in [0.15, 0.2) is 0 Å². The lowest BCUT2D eigenvalue weighted by atomic mass is 9.86. The molecule has 4 aromatic carbocycles. The molecule has 2 fully saturated rings. The Morgan fingerprint density at radius 2 is 1.10 bits per heavy atom. The van der Waals surface area contributed by atoms with Gasteiger partial charge in [0.1, 0.15) is 11.5 Å². The number of halogens is 2. The van der Waals surface area contributed by atoms with Crippen LogP contribution in [-0.4, -0.2) is 22.4 Å². The fraction of sp³-hybridized carbons (Fsp3) is 0.444. The molecule has 2 N–H and O–H groups in total. The van der Waals surface area contributed by atoms with Crippen molar-refractivity contribution in [1.82, 2.24) is 0 Å². The third-order valence-corrected chi connectivity index (χ3v) is 9.61. The molecular weight excluding hydrogens is 640 g/mol. The summed E-state index contributed by atoms with van der Waals surface area (Å²) in [6, 6.07) is 24.1. The van der Waals surface area contributed by atoms with Crippen LogP contribution in [0.15, 0.2) is 81.7 Å². The van der Waals surface area contributed by atoms with Crippen LogP contribution in [0.25, 0.3) is 21.5 Å². The molecule has 6 rings (SSSR count). The number of rotatable bonds is 4. The van der Waals surface area contributed by atoms with E-state index >= 15 is 0 Å². The molecule has 220 valence electrons. The van der Waals surface area contributed by atoms with Crippen LogP contribution >= 0.6 is 31.9 Å². The Morgan fingerprint density at radius 1 is 0.610 bits per heavy atom. The number of aromatic hydroxyl groups is 1. The standard InChI is InChI=1S/C18H21BrO.C10H7BrO.C8H16O/c1-2-13-3-8-17(9-4-13)20-18-10-6-14-5-7-16(19)11-15(14)12-18;11-9-3-1-7-2-4-10(12)6-8(7)5-9;1-2-7-3-5-8(9)6-4-7/h5-7,10-13,17H,2-4,8-9H2,1H3;1-6,12H;7-9H,2-6H2,1H3. The molecule has 0 radical (unpaired) electrons. The molecule has 0 saturated heterocycles. The van der Waals surface area contributed by atoms with Crippen molar-refractivity contribution < 1.29 is 14.9 Å². The van der Waals surface area contributed by atoms with Crippen molar-refractivity contribution in [2.24, 2.45) is 11.8 Å². The van der Waals surface area contributed by atoms with Crippen molar-refractivity contribution in [1.29, 1.82) is 0 Å². The second-order valence-electron chi connectivity index (χ2n) is 11.6. The van der Waals surface area contributed by atoms with Crippen molar-refractivity contribution in [3.05, 3.63) is 81.7 Å². The topological polar surface area (TPSA) is 49.7 Å². The summed E-state index contributed by atoms with van der Waals surface area (Å²) in [5.41, 5.74) is 0. The van der Waals surface area contributed by atoms with E-state index in [1.807, 2.05) is 24.3 Å². The van der Waals surface area contributed by atoms with Gasteiger partial charge in [0.05, 0.1) is 12.2 Å². The first-order valence-electron chi connectivity index (χ1n) is 15.2. The molecule has 4 aromatic rings. The van der Waals surface area contributed by atoms with Crippen molar-refractivity contribution in [3.8, 4) is 11.5 Å². The lowest BCUT2D eigenvalue weighted by Gasteiger charge is -2.28. The molecule has 0 aromatic heterocycles. The minimum absolute atomic E-state index is 0.0211. The van der Waals surface area contributed by atoms with Gasteiger partial charge in [-0.3, -0.25) is 0 Å². The van der Waals surface area contributed by atoms with Crippen LogP contribution < -0.4 is 4.74 Å². The van der Waals surface area contributed by atoms with Gasteiger partial charge in [-0.1, -0.05) is 82.8 Å². The maximum atomic E-state index is 9.21. The SMILES string of the molecule is CCC1CCC(O)CC1.CCC1CCC(Oc2ccc3ccc(Br)cc3c2)CC1.Oc1ccc2ccc(Br)cc2c1. The zero-order valence-corrected chi connectivity index (χ0v) is 27.5. The number of ether oxygens (including phenoxy) is 1. The van der Waals surface area contributed by atoms with Gasteiger partial charge in [0, 0.05) is 8.95 Å². The molecule has 2 aliphatic rings. The maximum Gasteiger partial charge on any atom is 0.120 e. The van der Waals surface area contributed by atoms with Gasteiger partial charge in [-0.2, -0.15) is 0 Å². The van der Waals surface area contributed by atoms with Gasteiger partial charge >= 0.3 is 0 Å². The van der Waals surface area contributed by atoms with Crippen LogP contribution in [0.1, 0.15) is 78.1 Å². The molecule has 0 heterocycles. The zero-order chi connectivity index (χ0) is 29.2. The third-order valence-electron chi connectivity index (χ3n) is 8.63. The highest BCUT2D eigenvalue weighted by Gasteiger charge is 2.21. The van der Waals surface area contributed by atoms with Crippen molar-refractivity contribution in [2.45, 2.75) is 90.3 Å². The highest BCUT2D eigenvalue weighted by Crippen LogP contribution is 2.31. The normalized spacial score (nSPS) is 22.3. The molecule has 41 heavy (non-hydrogen) atoms. The van der Waals surface area contributed by atoms with Crippen molar-refractivity contribution >= 4 is 53.4 Å². The Bertz CT molecular complexity index is 1340. The lowest BCUT2D eigenvalue weighted by molar-refractivity contribution is 0.108. The number of hydrogen-bond donors (Lipinski definition) is 2. The van der Waals surface area contributed by atoms with Gasteiger partial charge in [-0.25, -0.2) is 0 Å². The van der Waals surface area contributed by atoms with Gasteiger partial charge < -0.3 is 14.9 Å². The van der Waals surface area contributed by atoms with Gasteiger partial charge in [0.2, 0.25) is 0 Å². The highest BCUT2D eigenvalue weighted by molar-refractivity contribution is 9.10. The van der Waals surface area contributed by atoms with Gasteiger partial charge in [-0.05, 0) is 133 Å². The molecule has 0 bridgehead atoms. The van der Waals surface area contributed by atoms with E-state index in [1.165, 1.54) is 62.1 Å². The number of aliphatic hydroxyl groups excluding tert-OH is 1. The molecule has 0 amide bonds.